The zero-order valence-electron chi connectivity index (χ0n) is 15.3. The highest BCUT2D eigenvalue weighted by Gasteiger charge is 2.14. The second kappa shape index (κ2) is 8.70. The minimum Gasteiger partial charge on any atom is -0.274 e. The van der Waals surface area contributed by atoms with E-state index in [0.717, 1.165) is 33.2 Å². The van der Waals surface area contributed by atoms with Crippen molar-refractivity contribution in [2.24, 2.45) is 0 Å². The monoisotopic (exact) mass is 461 g/mol. The maximum absolute atomic E-state index is 11.9. The van der Waals surface area contributed by atoms with E-state index in [1.54, 1.807) is 4.68 Å². The third kappa shape index (κ3) is 5.77. The summed E-state index contributed by atoms with van der Waals surface area (Å²) in [6, 6.07) is 17.7. The normalized spacial score (nSPS) is 11.4. The lowest BCUT2D eigenvalue weighted by molar-refractivity contribution is -0.119. The lowest BCUT2D eigenvalue weighted by Crippen LogP contribution is -2.29. The highest BCUT2D eigenvalue weighted by molar-refractivity contribution is 9.10. The van der Waals surface area contributed by atoms with E-state index in [1.165, 1.54) is 0 Å². The van der Waals surface area contributed by atoms with Gasteiger partial charge in [0.15, 0.2) is 0 Å². The van der Waals surface area contributed by atoms with Crippen molar-refractivity contribution in [2.45, 2.75) is 19.3 Å². The number of benzene rings is 2. The Bertz CT molecular complexity index is 1060. The Hall–Kier alpha value is -2.45. The van der Waals surface area contributed by atoms with Gasteiger partial charge in [-0.2, -0.15) is 5.10 Å². The molecule has 3 aromatic rings. The molecule has 146 valence electrons. The standard InChI is InChI=1S/C20H20BrN3O3S/c1-28(26,27)23-20(25)12-7-16-14-24(18-10-8-17(21)9-11-18)22-19(16)13-15-5-3-2-4-6-15/h2-6,8-11,14H,7,12-13H2,1H3,(H,23,25). The lowest BCUT2D eigenvalue weighted by atomic mass is 10.0. The van der Waals surface area contributed by atoms with E-state index < -0.39 is 15.9 Å². The third-order valence-electron chi connectivity index (χ3n) is 4.10. The second-order valence-electron chi connectivity index (χ2n) is 6.48. The number of carbonyl (C=O) groups excluding carboxylic acids is 1. The van der Waals surface area contributed by atoms with E-state index in [0.29, 0.717) is 12.8 Å². The fraction of sp³-hybridized carbons (Fsp3) is 0.200. The number of amides is 1. The van der Waals surface area contributed by atoms with Crippen molar-refractivity contribution in [2.75, 3.05) is 6.26 Å². The number of aryl methyl sites for hydroxylation is 1. The molecule has 2 aromatic carbocycles. The first kappa shape index (κ1) is 20.3. The summed E-state index contributed by atoms with van der Waals surface area (Å²) in [6.07, 6.45) is 3.97. The first-order valence-corrected chi connectivity index (χ1v) is 11.4. The van der Waals surface area contributed by atoms with Crippen LogP contribution in [0, 0.1) is 0 Å². The van der Waals surface area contributed by atoms with Crippen molar-refractivity contribution < 1.29 is 13.2 Å². The van der Waals surface area contributed by atoms with Gasteiger partial charge in [0.1, 0.15) is 0 Å². The third-order valence-corrected chi connectivity index (χ3v) is 5.23. The van der Waals surface area contributed by atoms with Gasteiger partial charge in [0.25, 0.3) is 0 Å². The Morgan fingerprint density at radius 2 is 1.79 bits per heavy atom. The van der Waals surface area contributed by atoms with Gasteiger partial charge in [0.05, 0.1) is 17.6 Å². The second-order valence-corrected chi connectivity index (χ2v) is 9.15. The SMILES string of the molecule is CS(=O)(=O)NC(=O)CCc1cn(-c2ccc(Br)cc2)nc1Cc1ccccc1. The summed E-state index contributed by atoms with van der Waals surface area (Å²) in [7, 11) is -3.55. The van der Waals surface area contributed by atoms with Gasteiger partial charge in [0, 0.05) is 23.5 Å². The predicted octanol–water partition coefficient (Wildman–Crippen LogP) is 3.23. The van der Waals surface area contributed by atoms with Crippen molar-refractivity contribution in [3.63, 3.8) is 0 Å². The highest BCUT2D eigenvalue weighted by Crippen LogP contribution is 2.19. The molecule has 0 radical (unpaired) electrons. The maximum atomic E-state index is 11.9. The topological polar surface area (TPSA) is 81.1 Å². The maximum Gasteiger partial charge on any atom is 0.233 e. The largest absolute Gasteiger partial charge is 0.274 e. The number of sulfonamides is 1. The quantitative estimate of drug-likeness (QED) is 0.585. The molecular weight excluding hydrogens is 442 g/mol. The van der Waals surface area contributed by atoms with Crippen LogP contribution in [-0.2, 0) is 27.7 Å². The van der Waals surface area contributed by atoms with Crippen LogP contribution in [0.3, 0.4) is 0 Å². The van der Waals surface area contributed by atoms with E-state index >= 15 is 0 Å². The fourth-order valence-electron chi connectivity index (χ4n) is 2.82. The van der Waals surface area contributed by atoms with E-state index in [4.69, 9.17) is 5.10 Å². The van der Waals surface area contributed by atoms with Gasteiger partial charge in [-0.25, -0.2) is 13.1 Å². The van der Waals surface area contributed by atoms with Gasteiger partial charge in [-0.05, 0) is 41.8 Å². The Morgan fingerprint density at radius 3 is 2.43 bits per heavy atom. The van der Waals surface area contributed by atoms with E-state index in [9.17, 15) is 13.2 Å². The Labute approximate surface area is 172 Å². The molecule has 1 N–H and O–H groups in total. The molecule has 0 unspecified atom stereocenters. The van der Waals surface area contributed by atoms with Crippen LogP contribution >= 0.6 is 15.9 Å². The van der Waals surface area contributed by atoms with Crippen LogP contribution in [0.2, 0.25) is 0 Å². The minimum absolute atomic E-state index is 0.0703. The van der Waals surface area contributed by atoms with E-state index in [2.05, 4.69) is 15.9 Å². The van der Waals surface area contributed by atoms with Crippen molar-refractivity contribution in [3.8, 4) is 5.69 Å². The molecule has 0 saturated heterocycles. The van der Waals surface area contributed by atoms with E-state index in [-0.39, 0.29) is 6.42 Å². The molecule has 0 fully saturated rings. The molecule has 0 saturated carbocycles. The van der Waals surface area contributed by atoms with Crippen LogP contribution < -0.4 is 4.72 Å². The Balaban J connectivity index is 1.85. The molecule has 8 heteroatoms. The average Bonchev–Trinajstić information content (AvgIpc) is 3.03. The zero-order valence-corrected chi connectivity index (χ0v) is 17.7. The molecule has 0 aliphatic carbocycles. The van der Waals surface area contributed by atoms with Crippen LogP contribution in [0.25, 0.3) is 5.69 Å². The van der Waals surface area contributed by atoms with E-state index in [1.807, 2.05) is 65.5 Å². The van der Waals surface area contributed by atoms with Crippen LogP contribution in [0.1, 0.15) is 23.2 Å². The number of rotatable bonds is 7. The number of hydrogen-bond acceptors (Lipinski definition) is 4. The number of hydrogen-bond donors (Lipinski definition) is 1. The number of nitrogens with zero attached hydrogens (tertiary/aromatic N) is 2. The minimum atomic E-state index is -3.55. The molecule has 0 spiro atoms. The first-order chi connectivity index (χ1) is 13.3. The number of halogens is 1. The lowest BCUT2D eigenvalue weighted by Gasteiger charge is -2.04. The van der Waals surface area contributed by atoms with Crippen LogP contribution in [0.15, 0.2) is 65.3 Å². The smallest absolute Gasteiger partial charge is 0.233 e. The predicted molar refractivity (Wildman–Crippen MR) is 112 cm³/mol. The van der Waals surface area contributed by atoms with Gasteiger partial charge in [0.2, 0.25) is 15.9 Å². The molecule has 3 rings (SSSR count). The molecule has 0 aliphatic rings. The molecule has 1 heterocycles. The van der Waals surface area contributed by atoms with Crippen LogP contribution in [0.4, 0.5) is 0 Å². The summed E-state index contributed by atoms with van der Waals surface area (Å²) >= 11 is 3.42. The zero-order chi connectivity index (χ0) is 20.1. The van der Waals surface area contributed by atoms with Crippen molar-refractivity contribution >= 4 is 31.9 Å². The number of nitrogens with one attached hydrogen (secondary N) is 1. The van der Waals surface area contributed by atoms with Crippen LogP contribution in [0.5, 0.6) is 0 Å². The molecular formula is C20H20BrN3O3S. The van der Waals surface area contributed by atoms with Gasteiger partial charge in [-0.15, -0.1) is 0 Å². The van der Waals surface area contributed by atoms with Crippen molar-refractivity contribution in [3.05, 3.63) is 82.1 Å². The summed E-state index contributed by atoms with van der Waals surface area (Å²) < 4.78 is 27.2. The van der Waals surface area contributed by atoms with Gasteiger partial charge in [-0.3, -0.25) is 9.52 Å². The average molecular weight is 462 g/mol. The first-order valence-electron chi connectivity index (χ1n) is 8.68. The van der Waals surface area contributed by atoms with Gasteiger partial charge < -0.3 is 0 Å². The summed E-state index contributed by atoms with van der Waals surface area (Å²) in [5, 5.41) is 4.71. The molecule has 28 heavy (non-hydrogen) atoms. The number of aromatic nitrogens is 2. The molecule has 6 nitrogen and oxygen atoms in total. The van der Waals surface area contributed by atoms with Crippen molar-refractivity contribution in [1.29, 1.82) is 0 Å². The van der Waals surface area contributed by atoms with Gasteiger partial charge >= 0.3 is 0 Å². The highest BCUT2D eigenvalue weighted by atomic mass is 79.9. The summed E-state index contributed by atoms with van der Waals surface area (Å²) in [6.45, 7) is 0. The molecule has 1 amide bonds. The molecule has 0 bridgehead atoms. The van der Waals surface area contributed by atoms with Gasteiger partial charge in [-0.1, -0.05) is 46.3 Å². The summed E-state index contributed by atoms with van der Waals surface area (Å²) in [5.74, 6) is -0.524. The number of carbonyl (C=O) groups is 1. The van der Waals surface area contributed by atoms with Crippen LogP contribution in [-0.4, -0.2) is 30.4 Å². The Morgan fingerprint density at radius 1 is 1.11 bits per heavy atom. The fourth-order valence-corrected chi connectivity index (χ4v) is 3.60. The summed E-state index contributed by atoms with van der Waals surface area (Å²) in [4.78, 5) is 11.9. The molecule has 0 aliphatic heterocycles. The molecule has 0 atom stereocenters. The molecule has 1 aromatic heterocycles. The Kier molecular flexibility index (Phi) is 6.31. The summed E-state index contributed by atoms with van der Waals surface area (Å²) in [5.41, 5.74) is 3.80. The van der Waals surface area contributed by atoms with Crippen molar-refractivity contribution in [1.82, 2.24) is 14.5 Å².